The average Bonchev–Trinajstić information content (AvgIpc) is 3.06. The fraction of sp³-hybridized carbons (Fsp3) is 0.0588. The molecule has 0 bridgehead atoms. The molecule has 0 spiro atoms. The van der Waals surface area contributed by atoms with Gasteiger partial charge in [-0.25, -0.2) is 13.8 Å². The number of hydrogen-bond donors (Lipinski definition) is 1. The molecule has 0 fully saturated rings. The third kappa shape index (κ3) is 3.41. The molecular formula is C17H12F2N2O2S. The Labute approximate surface area is 140 Å². The van der Waals surface area contributed by atoms with Crippen molar-refractivity contribution in [1.29, 1.82) is 0 Å². The zero-order valence-electron chi connectivity index (χ0n) is 12.5. The molecular weight excluding hydrogens is 334 g/mol. The van der Waals surface area contributed by atoms with Crippen molar-refractivity contribution in [3.8, 4) is 17.0 Å². The third-order valence-electron chi connectivity index (χ3n) is 3.29. The van der Waals surface area contributed by atoms with Crippen LogP contribution in [-0.2, 0) is 0 Å². The van der Waals surface area contributed by atoms with E-state index < -0.39 is 17.5 Å². The monoisotopic (exact) mass is 346 g/mol. The number of hydrogen-bond acceptors (Lipinski definition) is 4. The number of benzene rings is 2. The fourth-order valence-corrected chi connectivity index (χ4v) is 2.75. The van der Waals surface area contributed by atoms with E-state index in [1.807, 2.05) is 24.3 Å². The fourth-order valence-electron chi connectivity index (χ4n) is 2.03. The van der Waals surface area contributed by atoms with E-state index in [2.05, 4.69) is 10.3 Å². The molecule has 0 atom stereocenters. The van der Waals surface area contributed by atoms with Gasteiger partial charge in [-0.2, -0.15) is 0 Å². The third-order valence-corrected chi connectivity index (χ3v) is 4.05. The molecule has 0 unspecified atom stereocenters. The summed E-state index contributed by atoms with van der Waals surface area (Å²) < 4.78 is 31.2. The van der Waals surface area contributed by atoms with Crippen LogP contribution >= 0.6 is 11.3 Å². The van der Waals surface area contributed by atoms with E-state index in [9.17, 15) is 13.6 Å². The number of nitrogens with one attached hydrogen (secondary N) is 1. The summed E-state index contributed by atoms with van der Waals surface area (Å²) in [5, 5.41) is 4.74. The van der Waals surface area contributed by atoms with Crippen LogP contribution in [0.15, 0.2) is 47.8 Å². The number of carbonyl (C=O) groups is 1. The van der Waals surface area contributed by atoms with Crippen LogP contribution in [0.5, 0.6) is 5.75 Å². The smallest absolute Gasteiger partial charge is 0.257 e. The SMILES string of the molecule is COc1ccc(-c2csc(NC(=O)c3ccc(F)c(F)c3)n2)cc1. The van der Waals surface area contributed by atoms with Crippen LogP contribution in [0.3, 0.4) is 0 Å². The van der Waals surface area contributed by atoms with E-state index in [1.165, 1.54) is 17.4 Å². The first-order valence-electron chi connectivity index (χ1n) is 6.93. The van der Waals surface area contributed by atoms with Crippen LogP contribution in [0.1, 0.15) is 10.4 Å². The van der Waals surface area contributed by atoms with E-state index >= 15 is 0 Å². The number of nitrogens with zero attached hydrogens (tertiary/aromatic N) is 1. The molecule has 0 saturated heterocycles. The van der Waals surface area contributed by atoms with Crippen molar-refractivity contribution in [3.63, 3.8) is 0 Å². The molecule has 7 heteroatoms. The Morgan fingerprint density at radius 3 is 2.54 bits per heavy atom. The van der Waals surface area contributed by atoms with Crippen molar-refractivity contribution < 1.29 is 18.3 Å². The minimum absolute atomic E-state index is 0.0232. The van der Waals surface area contributed by atoms with E-state index in [4.69, 9.17) is 4.74 Å². The first-order chi connectivity index (χ1) is 11.6. The second-order valence-electron chi connectivity index (χ2n) is 4.85. The molecule has 0 aliphatic rings. The summed E-state index contributed by atoms with van der Waals surface area (Å²) in [5.74, 6) is -1.88. The van der Waals surface area contributed by atoms with Crippen LogP contribution in [0.2, 0.25) is 0 Å². The topological polar surface area (TPSA) is 51.2 Å². The van der Waals surface area contributed by atoms with Gasteiger partial charge in [0.2, 0.25) is 0 Å². The van der Waals surface area contributed by atoms with Gasteiger partial charge in [-0.15, -0.1) is 11.3 Å². The van der Waals surface area contributed by atoms with Crippen molar-refractivity contribution in [1.82, 2.24) is 4.98 Å². The number of amides is 1. The molecule has 4 nitrogen and oxygen atoms in total. The molecule has 2 aromatic carbocycles. The molecule has 24 heavy (non-hydrogen) atoms. The lowest BCUT2D eigenvalue weighted by atomic mass is 10.2. The number of methoxy groups -OCH3 is 1. The van der Waals surface area contributed by atoms with E-state index in [-0.39, 0.29) is 5.56 Å². The van der Waals surface area contributed by atoms with Crippen molar-refractivity contribution in [2.24, 2.45) is 0 Å². The number of ether oxygens (including phenoxy) is 1. The molecule has 1 heterocycles. The summed E-state index contributed by atoms with van der Waals surface area (Å²) in [6.07, 6.45) is 0. The zero-order valence-corrected chi connectivity index (χ0v) is 13.4. The molecule has 1 aromatic heterocycles. The summed E-state index contributed by atoms with van der Waals surface area (Å²) in [4.78, 5) is 16.4. The van der Waals surface area contributed by atoms with Gasteiger partial charge in [0.05, 0.1) is 12.8 Å². The van der Waals surface area contributed by atoms with Crippen molar-refractivity contribution in [3.05, 3.63) is 65.0 Å². The Hall–Kier alpha value is -2.80. The Morgan fingerprint density at radius 1 is 1.12 bits per heavy atom. The normalized spacial score (nSPS) is 10.5. The van der Waals surface area contributed by atoms with Gasteiger partial charge in [0, 0.05) is 16.5 Å². The first-order valence-corrected chi connectivity index (χ1v) is 7.81. The second kappa shape index (κ2) is 6.76. The number of halogens is 2. The summed E-state index contributed by atoms with van der Waals surface area (Å²) in [6.45, 7) is 0. The minimum atomic E-state index is -1.07. The van der Waals surface area contributed by atoms with Crippen LogP contribution in [0.25, 0.3) is 11.3 Å². The van der Waals surface area contributed by atoms with Gasteiger partial charge < -0.3 is 4.74 Å². The van der Waals surface area contributed by atoms with Gasteiger partial charge in [-0.05, 0) is 42.5 Å². The van der Waals surface area contributed by atoms with Crippen LogP contribution in [0, 0.1) is 11.6 Å². The van der Waals surface area contributed by atoms with Crippen LogP contribution in [-0.4, -0.2) is 18.0 Å². The average molecular weight is 346 g/mol. The number of thiazole rings is 1. The molecule has 1 N–H and O–H groups in total. The highest BCUT2D eigenvalue weighted by Gasteiger charge is 2.12. The highest BCUT2D eigenvalue weighted by molar-refractivity contribution is 7.14. The Kier molecular flexibility index (Phi) is 4.52. The predicted octanol–water partition coefficient (Wildman–Crippen LogP) is 4.35. The van der Waals surface area contributed by atoms with E-state index in [1.54, 1.807) is 12.5 Å². The van der Waals surface area contributed by atoms with E-state index in [0.29, 0.717) is 10.8 Å². The predicted molar refractivity (Wildman–Crippen MR) is 88.4 cm³/mol. The van der Waals surface area contributed by atoms with Crippen molar-refractivity contribution in [2.75, 3.05) is 12.4 Å². The molecule has 0 saturated carbocycles. The Bertz CT molecular complexity index is 879. The molecule has 3 aromatic rings. The number of carbonyl (C=O) groups excluding carboxylic acids is 1. The standard InChI is InChI=1S/C17H12F2N2O2S/c1-23-12-5-2-10(3-6-12)15-9-24-17(20-15)21-16(22)11-4-7-13(18)14(19)8-11/h2-9H,1H3,(H,20,21,22). The van der Waals surface area contributed by atoms with Gasteiger partial charge >= 0.3 is 0 Å². The maximum atomic E-state index is 13.2. The van der Waals surface area contributed by atoms with Gasteiger partial charge in [0.1, 0.15) is 5.75 Å². The van der Waals surface area contributed by atoms with Gasteiger partial charge in [0.25, 0.3) is 5.91 Å². The Balaban J connectivity index is 1.75. The lowest BCUT2D eigenvalue weighted by Crippen LogP contribution is -2.12. The quantitative estimate of drug-likeness (QED) is 0.764. The molecule has 3 rings (SSSR count). The summed E-state index contributed by atoms with van der Waals surface area (Å²) in [5.41, 5.74) is 1.60. The van der Waals surface area contributed by atoms with Gasteiger partial charge in [-0.1, -0.05) is 0 Å². The summed E-state index contributed by atoms with van der Waals surface area (Å²) >= 11 is 1.24. The van der Waals surface area contributed by atoms with Crippen LogP contribution in [0.4, 0.5) is 13.9 Å². The van der Waals surface area contributed by atoms with E-state index in [0.717, 1.165) is 23.4 Å². The summed E-state index contributed by atoms with van der Waals surface area (Å²) in [6, 6.07) is 10.3. The van der Waals surface area contributed by atoms with Crippen molar-refractivity contribution in [2.45, 2.75) is 0 Å². The van der Waals surface area contributed by atoms with Gasteiger partial charge in [0.15, 0.2) is 16.8 Å². The number of rotatable bonds is 4. The van der Waals surface area contributed by atoms with Crippen molar-refractivity contribution >= 4 is 22.4 Å². The minimum Gasteiger partial charge on any atom is -0.497 e. The second-order valence-corrected chi connectivity index (χ2v) is 5.71. The molecule has 1 amide bonds. The number of anilines is 1. The van der Waals surface area contributed by atoms with Crippen LogP contribution < -0.4 is 10.1 Å². The number of aromatic nitrogens is 1. The maximum Gasteiger partial charge on any atom is 0.257 e. The van der Waals surface area contributed by atoms with Gasteiger partial charge in [-0.3, -0.25) is 10.1 Å². The molecule has 122 valence electrons. The molecule has 0 aliphatic heterocycles. The Morgan fingerprint density at radius 2 is 1.88 bits per heavy atom. The zero-order chi connectivity index (χ0) is 17.1. The maximum absolute atomic E-state index is 13.2. The first kappa shape index (κ1) is 16.1. The molecule has 0 radical (unpaired) electrons. The molecule has 0 aliphatic carbocycles. The highest BCUT2D eigenvalue weighted by Crippen LogP contribution is 2.26. The highest BCUT2D eigenvalue weighted by atomic mass is 32.1. The lowest BCUT2D eigenvalue weighted by molar-refractivity contribution is 0.102. The largest absolute Gasteiger partial charge is 0.497 e. The lowest BCUT2D eigenvalue weighted by Gasteiger charge is -2.02. The summed E-state index contributed by atoms with van der Waals surface area (Å²) in [7, 11) is 1.59.